The molecule has 1 aromatic carbocycles. The molecule has 0 bridgehead atoms. The summed E-state index contributed by atoms with van der Waals surface area (Å²) in [5, 5.41) is 5.15. The third kappa shape index (κ3) is 2.84. The molecule has 3 aromatic heterocycles. The second-order valence-electron chi connectivity index (χ2n) is 5.31. The molecule has 0 aliphatic carbocycles. The first kappa shape index (κ1) is 15.3. The molecule has 4 rings (SSSR count). The van der Waals surface area contributed by atoms with Crippen LogP contribution in [0.4, 0.5) is 0 Å². The number of aromatic nitrogens is 5. The van der Waals surface area contributed by atoms with E-state index in [-0.39, 0.29) is 0 Å². The molecular formula is C18H11BrN6. The monoisotopic (exact) mass is 390 g/mol. The van der Waals surface area contributed by atoms with Crippen molar-refractivity contribution in [2.45, 2.75) is 0 Å². The fourth-order valence-corrected chi connectivity index (χ4v) is 3.04. The van der Waals surface area contributed by atoms with Crippen LogP contribution in [0, 0.1) is 6.57 Å². The van der Waals surface area contributed by atoms with Gasteiger partial charge in [0.1, 0.15) is 12.7 Å². The molecule has 0 unspecified atom stereocenters. The summed E-state index contributed by atoms with van der Waals surface area (Å²) in [6, 6.07) is 7.79. The molecule has 120 valence electrons. The molecule has 4 aromatic rings. The van der Waals surface area contributed by atoms with E-state index >= 15 is 0 Å². The lowest BCUT2D eigenvalue weighted by molar-refractivity contribution is 0.874. The van der Waals surface area contributed by atoms with Crippen LogP contribution in [0.5, 0.6) is 0 Å². The van der Waals surface area contributed by atoms with Crippen molar-refractivity contribution in [3.8, 4) is 5.69 Å². The summed E-state index contributed by atoms with van der Waals surface area (Å²) < 4.78 is 2.62. The second kappa shape index (κ2) is 6.34. The van der Waals surface area contributed by atoms with Crippen LogP contribution in [0.2, 0.25) is 0 Å². The van der Waals surface area contributed by atoms with E-state index in [0.717, 1.165) is 32.2 Å². The van der Waals surface area contributed by atoms with Crippen molar-refractivity contribution in [2.75, 3.05) is 0 Å². The number of hydrogen-bond acceptors (Lipinski definition) is 3. The highest BCUT2D eigenvalue weighted by molar-refractivity contribution is 9.10. The van der Waals surface area contributed by atoms with Gasteiger partial charge in [-0.15, -0.1) is 0 Å². The molecule has 7 heteroatoms. The van der Waals surface area contributed by atoms with Gasteiger partial charge in [-0.05, 0) is 41.9 Å². The van der Waals surface area contributed by atoms with Crippen LogP contribution in [-0.4, -0.2) is 24.7 Å². The number of fused-ring (bicyclic) bond motifs is 1. The van der Waals surface area contributed by atoms with Crippen molar-refractivity contribution < 1.29 is 0 Å². The van der Waals surface area contributed by atoms with Gasteiger partial charge >= 0.3 is 0 Å². The Hall–Kier alpha value is -3.24. The lowest BCUT2D eigenvalue weighted by Gasteiger charge is -2.05. The molecule has 0 saturated carbocycles. The molecule has 1 N–H and O–H groups in total. The summed E-state index contributed by atoms with van der Waals surface area (Å²) in [6.07, 6.45) is 10.2. The predicted octanol–water partition coefficient (Wildman–Crippen LogP) is 4.32. The van der Waals surface area contributed by atoms with Crippen LogP contribution in [0.15, 0.2) is 60.0 Å². The average Bonchev–Trinajstić information content (AvgIpc) is 3.30. The quantitative estimate of drug-likeness (QED) is 0.529. The number of nitrogens with zero attached hydrogens (tertiary/aromatic N) is 5. The van der Waals surface area contributed by atoms with Gasteiger partial charge in [0, 0.05) is 33.5 Å². The van der Waals surface area contributed by atoms with E-state index in [1.54, 1.807) is 23.4 Å². The Labute approximate surface area is 151 Å². The standard InChI is InChI=1S/C18H11BrN6/c1-20-17(15-9-23-16-3-2-13(19)7-14(15)16)6-12-8-21-5-4-18(12)25-11-22-10-24-25/h2-11,23H/b17-6-. The van der Waals surface area contributed by atoms with Gasteiger partial charge in [0.2, 0.25) is 0 Å². The van der Waals surface area contributed by atoms with E-state index in [1.165, 1.54) is 6.33 Å². The molecule has 0 spiro atoms. The van der Waals surface area contributed by atoms with Crippen molar-refractivity contribution in [1.29, 1.82) is 0 Å². The van der Waals surface area contributed by atoms with E-state index in [1.807, 2.05) is 36.5 Å². The van der Waals surface area contributed by atoms with Gasteiger partial charge in [0.05, 0.1) is 12.3 Å². The first-order valence-corrected chi connectivity index (χ1v) is 8.21. The molecule has 0 aliphatic rings. The van der Waals surface area contributed by atoms with Crippen molar-refractivity contribution in [3.05, 3.63) is 82.5 Å². The van der Waals surface area contributed by atoms with E-state index in [2.05, 4.69) is 40.8 Å². The summed E-state index contributed by atoms with van der Waals surface area (Å²) in [7, 11) is 0. The van der Waals surface area contributed by atoms with Gasteiger partial charge in [0.15, 0.2) is 5.70 Å². The Morgan fingerprint density at radius 1 is 1.28 bits per heavy atom. The number of rotatable bonds is 3. The van der Waals surface area contributed by atoms with Crippen LogP contribution in [0.3, 0.4) is 0 Å². The first-order chi connectivity index (χ1) is 12.3. The van der Waals surface area contributed by atoms with E-state index < -0.39 is 0 Å². The van der Waals surface area contributed by atoms with Crippen molar-refractivity contribution >= 4 is 38.6 Å². The number of halogens is 1. The minimum atomic E-state index is 0.527. The average molecular weight is 391 g/mol. The smallest absolute Gasteiger partial charge is 0.197 e. The zero-order chi connectivity index (χ0) is 17.2. The Morgan fingerprint density at radius 3 is 3.00 bits per heavy atom. The Kier molecular flexibility index (Phi) is 3.88. The molecule has 25 heavy (non-hydrogen) atoms. The molecule has 0 fully saturated rings. The molecule has 0 amide bonds. The van der Waals surface area contributed by atoms with Gasteiger partial charge in [-0.2, -0.15) is 5.10 Å². The van der Waals surface area contributed by atoms with Crippen LogP contribution in [0.1, 0.15) is 11.1 Å². The van der Waals surface area contributed by atoms with E-state index in [4.69, 9.17) is 6.57 Å². The molecule has 0 atom stereocenters. The van der Waals surface area contributed by atoms with Crippen molar-refractivity contribution in [2.24, 2.45) is 0 Å². The fourth-order valence-electron chi connectivity index (χ4n) is 2.67. The number of aromatic amines is 1. The number of hydrogen-bond donors (Lipinski definition) is 1. The fraction of sp³-hybridized carbons (Fsp3) is 0. The molecule has 0 aliphatic heterocycles. The Morgan fingerprint density at radius 2 is 2.20 bits per heavy atom. The second-order valence-corrected chi connectivity index (χ2v) is 6.22. The van der Waals surface area contributed by atoms with Gasteiger partial charge in [-0.3, -0.25) is 4.98 Å². The largest absolute Gasteiger partial charge is 0.362 e. The lowest BCUT2D eigenvalue weighted by atomic mass is 10.1. The highest BCUT2D eigenvalue weighted by Crippen LogP contribution is 2.30. The minimum Gasteiger partial charge on any atom is -0.362 e. The lowest BCUT2D eigenvalue weighted by Crippen LogP contribution is -1.98. The summed E-state index contributed by atoms with van der Waals surface area (Å²) in [5.41, 5.74) is 3.96. The minimum absolute atomic E-state index is 0.527. The van der Waals surface area contributed by atoms with Crippen LogP contribution in [-0.2, 0) is 0 Å². The number of nitrogens with one attached hydrogen (secondary N) is 1. The summed E-state index contributed by atoms with van der Waals surface area (Å²) >= 11 is 3.49. The normalized spacial score (nSPS) is 11.6. The molecule has 3 heterocycles. The molecular weight excluding hydrogens is 380 g/mol. The third-order valence-corrected chi connectivity index (χ3v) is 4.32. The molecule has 6 nitrogen and oxygen atoms in total. The van der Waals surface area contributed by atoms with Gasteiger partial charge < -0.3 is 4.98 Å². The van der Waals surface area contributed by atoms with Crippen molar-refractivity contribution in [1.82, 2.24) is 24.7 Å². The van der Waals surface area contributed by atoms with Gasteiger partial charge in [-0.1, -0.05) is 15.9 Å². The van der Waals surface area contributed by atoms with Crippen LogP contribution in [0.25, 0.3) is 33.2 Å². The van der Waals surface area contributed by atoms with E-state index in [9.17, 15) is 0 Å². The highest BCUT2D eigenvalue weighted by Gasteiger charge is 2.11. The molecule has 0 saturated heterocycles. The summed E-state index contributed by atoms with van der Waals surface area (Å²) in [4.78, 5) is 15.1. The Bertz CT molecular complexity index is 1120. The number of benzene rings is 1. The highest BCUT2D eigenvalue weighted by atomic mass is 79.9. The first-order valence-electron chi connectivity index (χ1n) is 7.41. The maximum Gasteiger partial charge on any atom is 0.197 e. The van der Waals surface area contributed by atoms with Gasteiger partial charge in [-0.25, -0.2) is 14.5 Å². The maximum absolute atomic E-state index is 7.64. The maximum atomic E-state index is 7.64. The van der Waals surface area contributed by atoms with Crippen LogP contribution >= 0.6 is 15.9 Å². The SMILES string of the molecule is [C-]#[N+]/C(=C\c1cnccc1-n1cncn1)c1c[nH]c2ccc(Br)cc12. The van der Waals surface area contributed by atoms with E-state index in [0.29, 0.717) is 5.70 Å². The third-order valence-electron chi connectivity index (χ3n) is 3.83. The van der Waals surface area contributed by atoms with Crippen LogP contribution < -0.4 is 0 Å². The topological polar surface area (TPSA) is 63.8 Å². The Balaban J connectivity index is 1.88. The summed E-state index contributed by atoms with van der Waals surface area (Å²) in [5.74, 6) is 0. The zero-order valence-electron chi connectivity index (χ0n) is 12.9. The zero-order valence-corrected chi connectivity index (χ0v) is 14.5. The van der Waals surface area contributed by atoms with Gasteiger partial charge in [0.25, 0.3) is 0 Å². The molecule has 0 radical (unpaired) electrons. The summed E-state index contributed by atoms with van der Waals surface area (Å²) in [6.45, 7) is 7.64. The number of H-pyrrole nitrogens is 1. The van der Waals surface area contributed by atoms with Crippen molar-refractivity contribution in [3.63, 3.8) is 0 Å². The predicted molar refractivity (Wildman–Crippen MR) is 99.6 cm³/mol. The number of pyridine rings is 1.